The maximum Gasteiger partial charge on any atom is 0.266 e. The molecule has 90 valence electrons. The lowest BCUT2D eigenvalue weighted by Gasteiger charge is -2.02. The van der Waals surface area contributed by atoms with E-state index in [9.17, 15) is 8.78 Å². The molecule has 0 spiro atoms. The molecule has 0 aromatic heterocycles. The van der Waals surface area contributed by atoms with Gasteiger partial charge in [0.1, 0.15) is 0 Å². The average Bonchev–Trinajstić information content (AvgIpc) is 2.78. The molecule has 5 heteroatoms. The Morgan fingerprint density at radius 2 is 2.06 bits per heavy atom. The molecule has 0 radical (unpaired) electrons. The highest BCUT2D eigenvalue weighted by Gasteiger charge is 2.12. The highest BCUT2D eigenvalue weighted by Crippen LogP contribution is 2.23. The van der Waals surface area contributed by atoms with E-state index in [-0.39, 0.29) is 16.9 Å². The third kappa shape index (κ3) is 3.56. The molecule has 0 aliphatic carbocycles. The van der Waals surface area contributed by atoms with Gasteiger partial charge in [-0.3, -0.25) is 4.99 Å². The predicted molar refractivity (Wildman–Crippen MR) is 67.3 cm³/mol. The maximum atomic E-state index is 11.9. The number of hydrogen-bond acceptors (Lipinski definition) is 2. The molecule has 1 aliphatic heterocycles. The third-order valence-corrected chi connectivity index (χ3v) is 3.77. The Morgan fingerprint density at radius 1 is 1.29 bits per heavy atom. The fourth-order valence-corrected chi connectivity index (χ4v) is 2.79. The summed E-state index contributed by atoms with van der Waals surface area (Å²) in [6.07, 6.45) is -0.489. The van der Waals surface area contributed by atoms with Crippen molar-refractivity contribution >= 4 is 16.2 Å². The lowest BCUT2D eigenvalue weighted by atomic mass is 10.2. The second-order valence-corrected chi connectivity index (χ2v) is 5.16. The van der Waals surface area contributed by atoms with Crippen molar-refractivity contribution in [3.8, 4) is 0 Å². The topological polar surface area (TPSA) is 24.7 Å². The van der Waals surface area contributed by atoms with E-state index in [4.69, 9.17) is 0 Å². The fourth-order valence-electron chi connectivity index (χ4n) is 1.48. The molecule has 0 saturated heterocycles. The van der Waals surface area contributed by atoms with Crippen molar-refractivity contribution in [3.63, 3.8) is 0 Å². The molecule has 0 saturated carbocycles. The first kappa shape index (κ1) is 12.1. The van der Waals surface area contributed by atoms with Crippen LogP contribution in [0.5, 0.6) is 0 Å². The van der Waals surface area contributed by atoms with Crippen LogP contribution in [0.2, 0.25) is 0 Å². The van der Waals surface area contributed by atoms with Crippen molar-refractivity contribution in [3.05, 3.63) is 48.1 Å². The van der Waals surface area contributed by atoms with E-state index in [0.717, 1.165) is 11.6 Å². The molecule has 2 unspecified atom stereocenters. The Labute approximate surface area is 101 Å². The van der Waals surface area contributed by atoms with E-state index in [2.05, 4.69) is 9.36 Å². The summed E-state index contributed by atoms with van der Waals surface area (Å²) in [5, 5.41) is 0. The van der Waals surface area contributed by atoms with Crippen molar-refractivity contribution in [1.29, 1.82) is 0 Å². The molecule has 0 fully saturated rings. The minimum absolute atomic E-state index is 0.154. The molecule has 2 atom stereocenters. The molecule has 0 N–H and O–H groups in total. The molecule has 1 aromatic rings. The van der Waals surface area contributed by atoms with Gasteiger partial charge in [0, 0.05) is 5.75 Å². The molecule has 2 rings (SSSR count). The molecule has 0 bridgehead atoms. The van der Waals surface area contributed by atoms with Gasteiger partial charge in [-0.15, -0.1) is 0 Å². The monoisotopic (exact) mass is 254 g/mol. The molecule has 1 heterocycles. The van der Waals surface area contributed by atoms with Gasteiger partial charge in [0.05, 0.1) is 5.55 Å². The van der Waals surface area contributed by atoms with E-state index >= 15 is 0 Å². The van der Waals surface area contributed by atoms with E-state index in [1.807, 2.05) is 30.3 Å². The molecular weight excluding hydrogens is 242 g/mol. The van der Waals surface area contributed by atoms with Gasteiger partial charge in [0.25, 0.3) is 6.08 Å². The van der Waals surface area contributed by atoms with Crippen LogP contribution in [-0.2, 0) is 10.7 Å². The summed E-state index contributed by atoms with van der Waals surface area (Å²) in [5.74, 6) is 0.615. The third-order valence-electron chi connectivity index (χ3n) is 2.28. The number of hydrogen-bond donors (Lipinski definition) is 0. The Hall–Kier alpha value is -1.36. The predicted octanol–water partition coefficient (Wildman–Crippen LogP) is 3.70. The normalized spacial score (nSPS) is 22.2. The molecule has 17 heavy (non-hydrogen) atoms. The van der Waals surface area contributed by atoms with E-state index in [0.29, 0.717) is 12.2 Å². The Morgan fingerprint density at radius 3 is 2.76 bits per heavy atom. The molecule has 0 amide bonds. The minimum atomic E-state index is -1.62. The quantitative estimate of drug-likeness (QED) is 0.782. The lowest BCUT2D eigenvalue weighted by Crippen LogP contribution is -1.93. The second-order valence-electron chi connectivity index (χ2n) is 3.53. The average molecular weight is 254 g/mol. The smallest absolute Gasteiger partial charge is 0.253 e. The first-order chi connectivity index (χ1) is 8.25. The maximum absolute atomic E-state index is 11.9. The molecule has 2 nitrogen and oxygen atoms in total. The van der Waals surface area contributed by atoms with E-state index in [1.165, 1.54) is 0 Å². The second kappa shape index (κ2) is 5.82. The van der Waals surface area contributed by atoms with Crippen molar-refractivity contribution in [2.75, 3.05) is 5.75 Å². The van der Waals surface area contributed by atoms with Crippen LogP contribution in [0, 0.1) is 0 Å². The number of benzene rings is 1. The summed E-state index contributed by atoms with van der Waals surface area (Å²) in [6, 6.07) is 9.77. The zero-order valence-electron chi connectivity index (χ0n) is 9.09. The van der Waals surface area contributed by atoms with Crippen LogP contribution < -0.4 is 0 Å². The number of aliphatic imine (C=N–C) groups is 1. The van der Waals surface area contributed by atoms with Gasteiger partial charge >= 0.3 is 0 Å². The Balaban J connectivity index is 1.96. The van der Waals surface area contributed by atoms with Gasteiger partial charge in [-0.05, 0) is 18.1 Å². The van der Waals surface area contributed by atoms with E-state index in [1.54, 1.807) is 5.55 Å². The van der Waals surface area contributed by atoms with Crippen LogP contribution in [0.15, 0.2) is 51.8 Å². The van der Waals surface area contributed by atoms with E-state index < -0.39 is 6.08 Å². The largest absolute Gasteiger partial charge is 0.266 e. The first-order valence-corrected chi connectivity index (χ1v) is 6.67. The highest BCUT2D eigenvalue weighted by molar-refractivity contribution is 8.00. The molecule has 1 aliphatic rings. The summed E-state index contributed by atoms with van der Waals surface area (Å²) < 4.78 is 28.2. The summed E-state index contributed by atoms with van der Waals surface area (Å²) in [7, 11) is -0.319. The van der Waals surface area contributed by atoms with Gasteiger partial charge in [-0.2, -0.15) is 8.78 Å². The van der Waals surface area contributed by atoms with Crippen LogP contribution >= 0.6 is 0 Å². The van der Waals surface area contributed by atoms with Gasteiger partial charge in [0.15, 0.2) is 6.17 Å². The Bertz CT molecular complexity index is 465. The van der Waals surface area contributed by atoms with Crippen molar-refractivity contribution in [2.24, 2.45) is 9.36 Å². The van der Waals surface area contributed by atoms with Gasteiger partial charge < -0.3 is 0 Å². The van der Waals surface area contributed by atoms with Crippen LogP contribution in [0.1, 0.15) is 18.2 Å². The van der Waals surface area contributed by atoms with Crippen LogP contribution in [0.3, 0.4) is 0 Å². The van der Waals surface area contributed by atoms with Crippen LogP contribution in [0.25, 0.3) is 0 Å². The fraction of sp³-hybridized carbons (Fsp3) is 0.250. The summed E-state index contributed by atoms with van der Waals surface area (Å²) in [5.41, 5.74) is 2.83. The van der Waals surface area contributed by atoms with Crippen molar-refractivity contribution < 1.29 is 8.78 Å². The standard InChI is InChI=1S/C12H12F2N2S/c13-11(14)7-4-8-17-9-15-12(16-17)10-5-2-1-3-6-10/h1-3,5-7,9,12H,4,8H2. The highest BCUT2D eigenvalue weighted by atomic mass is 32.2. The SMILES string of the molecule is FC(F)=CCCS1=NC(c2ccccc2)N=C1. The number of rotatable bonds is 4. The van der Waals surface area contributed by atoms with Gasteiger partial charge in [-0.25, -0.2) is 4.36 Å². The number of allylic oxidation sites excluding steroid dienone is 1. The van der Waals surface area contributed by atoms with Crippen molar-refractivity contribution in [1.82, 2.24) is 0 Å². The zero-order valence-corrected chi connectivity index (χ0v) is 9.91. The molecule has 1 aromatic carbocycles. The van der Waals surface area contributed by atoms with Gasteiger partial charge in [-0.1, -0.05) is 41.0 Å². The van der Waals surface area contributed by atoms with Crippen LogP contribution in [0.4, 0.5) is 8.78 Å². The van der Waals surface area contributed by atoms with Gasteiger partial charge in [0.2, 0.25) is 0 Å². The molecular formula is C12H12F2N2S. The Kier molecular flexibility index (Phi) is 4.14. The zero-order chi connectivity index (χ0) is 12.1. The van der Waals surface area contributed by atoms with Crippen LogP contribution in [-0.4, -0.2) is 11.3 Å². The van der Waals surface area contributed by atoms with Crippen molar-refractivity contribution in [2.45, 2.75) is 12.6 Å². The number of halogens is 2. The lowest BCUT2D eigenvalue weighted by molar-refractivity contribution is 0.418. The summed E-state index contributed by atoms with van der Waals surface area (Å²) >= 11 is 0. The summed E-state index contributed by atoms with van der Waals surface area (Å²) in [6.45, 7) is 0. The minimum Gasteiger partial charge on any atom is -0.253 e. The number of nitrogens with zero attached hydrogens (tertiary/aromatic N) is 2. The first-order valence-electron chi connectivity index (χ1n) is 5.26. The summed E-state index contributed by atoms with van der Waals surface area (Å²) in [4.78, 5) is 4.30.